The van der Waals surface area contributed by atoms with E-state index in [9.17, 15) is 0 Å². The molecule has 2 aromatic rings. The minimum Gasteiger partial charge on any atom is -0.369 e. The number of nitrogens with zero attached hydrogens (tertiary/aromatic N) is 3. The fourth-order valence-electron chi connectivity index (χ4n) is 2.72. The minimum absolute atomic E-state index is 0.804. The van der Waals surface area contributed by atoms with Crippen LogP contribution in [0.5, 0.6) is 0 Å². The van der Waals surface area contributed by atoms with Crippen molar-refractivity contribution >= 4 is 27.4 Å². The average Bonchev–Trinajstić information content (AvgIpc) is 3.05. The van der Waals surface area contributed by atoms with E-state index in [1.54, 1.807) is 11.3 Å². The molecule has 0 aromatic carbocycles. The quantitative estimate of drug-likeness (QED) is 0.917. The Balaban J connectivity index is 1.83. The molecule has 3 heterocycles. The van der Waals surface area contributed by atoms with Crippen LogP contribution in [-0.2, 0) is 6.54 Å². The number of hydrogen-bond acceptors (Lipinski definition) is 5. The summed E-state index contributed by atoms with van der Waals surface area (Å²) < 4.78 is 0. The number of hydrogen-bond donors (Lipinski definition) is 1. The molecule has 0 bridgehead atoms. The second-order valence-electron chi connectivity index (χ2n) is 5.68. The van der Waals surface area contributed by atoms with Crippen LogP contribution in [0.3, 0.4) is 0 Å². The number of likely N-dealkylation sites (tertiary alicyclic amines) is 1. The zero-order valence-electron chi connectivity index (χ0n) is 12.2. The largest absolute Gasteiger partial charge is 0.369 e. The number of anilines is 1. The molecular weight excluding hydrogens is 268 g/mol. The number of aromatic nitrogens is 2. The van der Waals surface area contributed by atoms with Gasteiger partial charge in [0.1, 0.15) is 16.5 Å². The molecule has 1 aliphatic rings. The van der Waals surface area contributed by atoms with E-state index in [1.807, 2.05) is 0 Å². The lowest BCUT2D eigenvalue weighted by Gasteiger charge is -2.15. The molecule has 3 rings (SSSR count). The van der Waals surface area contributed by atoms with Gasteiger partial charge < -0.3 is 5.32 Å². The third-order valence-corrected chi connectivity index (χ3v) is 4.59. The molecule has 1 aliphatic heterocycles. The van der Waals surface area contributed by atoms with Crippen molar-refractivity contribution in [1.29, 1.82) is 0 Å². The van der Waals surface area contributed by atoms with E-state index in [0.29, 0.717) is 0 Å². The lowest BCUT2D eigenvalue weighted by molar-refractivity contribution is 0.312. The van der Waals surface area contributed by atoms with Gasteiger partial charge in [-0.15, -0.1) is 11.3 Å². The van der Waals surface area contributed by atoms with Crippen molar-refractivity contribution < 1.29 is 0 Å². The summed E-state index contributed by atoms with van der Waals surface area (Å²) in [5.41, 5.74) is 0. The second kappa shape index (κ2) is 6.06. The van der Waals surface area contributed by atoms with Crippen LogP contribution in [0, 0.1) is 5.92 Å². The molecule has 1 fully saturated rings. The molecular formula is C15H22N4S. The molecule has 108 valence electrons. The second-order valence-corrected chi connectivity index (χ2v) is 6.58. The highest BCUT2D eigenvalue weighted by Gasteiger charge is 2.20. The van der Waals surface area contributed by atoms with Gasteiger partial charge in [0.25, 0.3) is 0 Å². The van der Waals surface area contributed by atoms with E-state index < -0.39 is 0 Å². The summed E-state index contributed by atoms with van der Waals surface area (Å²) in [4.78, 5) is 13.0. The maximum Gasteiger partial charge on any atom is 0.146 e. The van der Waals surface area contributed by atoms with Gasteiger partial charge in [-0.3, -0.25) is 4.90 Å². The molecule has 5 heteroatoms. The Labute approximate surface area is 124 Å². The van der Waals surface area contributed by atoms with Crippen LogP contribution in [0.1, 0.15) is 32.5 Å². The highest BCUT2D eigenvalue weighted by Crippen LogP contribution is 2.26. The standard InChI is InChI=1S/C15H22N4S/c1-3-6-16-14-12-5-8-20-15(12)18-13(17-14)10-19-7-4-11(2)9-19/h5,8,11H,3-4,6-7,9-10H2,1-2H3,(H,16,17,18). The first-order valence-electron chi connectivity index (χ1n) is 7.46. The summed E-state index contributed by atoms with van der Waals surface area (Å²) >= 11 is 1.70. The van der Waals surface area contributed by atoms with E-state index in [-0.39, 0.29) is 0 Å². The maximum absolute atomic E-state index is 4.74. The molecule has 0 aliphatic carbocycles. The molecule has 0 amide bonds. The Morgan fingerprint density at radius 1 is 1.45 bits per heavy atom. The molecule has 4 nitrogen and oxygen atoms in total. The van der Waals surface area contributed by atoms with E-state index >= 15 is 0 Å². The zero-order chi connectivity index (χ0) is 13.9. The fraction of sp³-hybridized carbons (Fsp3) is 0.600. The molecule has 2 aromatic heterocycles. The van der Waals surface area contributed by atoms with Gasteiger partial charge in [0, 0.05) is 13.1 Å². The molecule has 1 N–H and O–H groups in total. The minimum atomic E-state index is 0.804. The predicted octanol–water partition coefficient (Wildman–Crippen LogP) is 3.36. The van der Waals surface area contributed by atoms with E-state index in [0.717, 1.165) is 47.3 Å². The van der Waals surface area contributed by atoms with Crippen LogP contribution in [0.25, 0.3) is 10.2 Å². The van der Waals surface area contributed by atoms with Crippen LogP contribution >= 0.6 is 11.3 Å². The summed E-state index contributed by atoms with van der Waals surface area (Å²) in [7, 11) is 0. The topological polar surface area (TPSA) is 41.1 Å². The Kier molecular flexibility index (Phi) is 4.17. The SMILES string of the molecule is CCCNc1nc(CN2CCC(C)C2)nc2sccc12. The van der Waals surface area contributed by atoms with Gasteiger partial charge in [-0.05, 0) is 36.8 Å². The van der Waals surface area contributed by atoms with E-state index in [4.69, 9.17) is 9.97 Å². The van der Waals surface area contributed by atoms with Crippen LogP contribution in [0.2, 0.25) is 0 Å². The zero-order valence-corrected chi connectivity index (χ0v) is 13.0. The summed E-state index contributed by atoms with van der Waals surface area (Å²) in [5, 5.41) is 6.68. The Morgan fingerprint density at radius 2 is 2.35 bits per heavy atom. The number of fused-ring (bicyclic) bond motifs is 1. The lowest BCUT2D eigenvalue weighted by Crippen LogP contribution is -2.21. The van der Waals surface area contributed by atoms with Crippen molar-refractivity contribution in [2.75, 3.05) is 25.0 Å². The Hall–Kier alpha value is -1.20. The van der Waals surface area contributed by atoms with Gasteiger partial charge in [-0.25, -0.2) is 9.97 Å². The highest BCUT2D eigenvalue weighted by molar-refractivity contribution is 7.16. The Morgan fingerprint density at radius 3 is 3.10 bits per heavy atom. The first-order valence-corrected chi connectivity index (χ1v) is 8.34. The lowest BCUT2D eigenvalue weighted by atomic mass is 10.2. The van der Waals surface area contributed by atoms with Crippen LogP contribution in [0.15, 0.2) is 11.4 Å². The normalized spacial score (nSPS) is 19.8. The van der Waals surface area contributed by atoms with Crippen LogP contribution < -0.4 is 5.32 Å². The van der Waals surface area contributed by atoms with Crippen LogP contribution in [0.4, 0.5) is 5.82 Å². The molecule has 0 radical (unpaired) electrons. The number of nitrogens with one attached hydrogen (secondary N) is 1. The molecule has 1 unspecified atom stereocenters. The Bertz CT molecular complexity index is 580. The van der Waals surface area contributed by atoms with Crippen molar-refractivity contribution in [3.8, 4) is 0 Å². The summed E-state index contributed by atoms with van der Waals surface area (Å²) in [6.45, 7) is 8.67. The maximum atomic E-state index is 4.74. The van der Waals surface area contributed by atoms with E-state index in [2.05, 4.69) is 35.5 Å². The van der Waals surface area contributed by atoms with E-state index in [1.165, 1.54) is 19.5 Å². The summed E-state index contributed by atoms with van der Waals surface area (Å²) in [6, 6.07) is 2.11. The molecule has 1 atom stereocenters. The third-order valence-electron chi connectivity index (χ3n) is 3.79. The predicted molar refractivity (Wildman–Crippen MR) is 85.3 cm³/mol. The van der Waals surface area contributed by atoms with Crippen molar-refractivity contribution in [1.82, 2.24) is 14.9 Å². The van der Waals surface area contributed by atoms with Crippen molar-refractivity contribution in [2.24, 2.45) is 5.92 Å². The van der Waals surface area contributed by atoms with Crippen molar-refractivity contribution in [3.63, 3.8) is 0 Å². The first kappa shape index (κ1) is 13.8. The summed E-state index contributed by atoms with van der Waals surface area (Å²) in [6.07, 6.45) is 2.40. The van der Waals surface area contributed by atoms with Gasteiger partial charge in [-0.1, -0.05) is 13.8 Å². The smallest absolute Gasteiger partial charge is 0.146 e. The third kappa shape index (κ3) is 2.94. The molecule has 0 saturated carbocycles. The number of thiophene rings is 1. The van der Waals surface area contributed by atoms with Crippen molar-refractivity contribution in [2.45, 2.75) is 33.2 Å². The highest BCUT2D eigenvalue weighted by atomic mass is 32.1. The molecule has 20 heavy (non-hydrogen) atoms. The van der Waals surface area contributed by atoms with Gasteiger partial charge in [0.2, 0.25) is 0 Å². The van der Waals surface area contributed by atoms with Gasteiger partial charge in [0.05, 0.1) is 11.9 Å². The molecule has 1 saturated heterocycles. The first-order chi connectivity index (χ1) is 9.76. The van der Waals surface area contributed by atoms with Crippen molar-refractivity contribution in [3.05, 3.63) is 17.3 Å². The number of rotatable bonds is 5. The van der Waals surface area contributed by atoms with Crippen LogP contribution in [-0.4, -0.2) is 34.5 Å². The van der Waals surface area contributed by atoms with Gasteiger partial charge in [-0.2, -0.15) is 0 Å². The molecule has 0 spiro atoms. The monoisotopic (exact) mass is 290 g/mol. The summed E-state index contributed by atoms with van der Waals surface area (Å²) in [5.74, 6) is 2.76. The van der Waals surface area contributed by atoms with Gasteiger partial charge in [0.15, 0.2) is 0 Å². The van der Waals surface area contributed by atoms with Gasteiger partial charge >= 0.3 is 0 Å². The fourth-order valence-corrected chi connectivity index (χ4v) is 3.50. The average molecular weight is 290 g/mol.